The summed E-state index contributed by atoms with van der Waals surface area (Å²) in [5.74, 6) is 0.607. The van der Waals surface area contributed by atoms with Crippen molar-refractivity contribution in [2.24, 2.45) is 0 Å². The van der Waals surface area contributed by atoms with E-state index in [9.17, 15) is 4.79 Å². The molecule has 0 fully saturated rings. The van der Waals surface area contributed by atoms with E-state index in [0.717, 1.165) is 27.8 Å². The third-order valence-corrected chi connectivity index (χ3v) is 4.37. The molecule has 2 aromatic carbocycles. The quantitative estimate of drug-likeness (QED) is 0.647. The van der Waals surface area contributed by atoms with Crippen LogP contribution in [0.1, 0.15) is 6.92 Å². The Balaban J connectivity index is 1.83. The third kappa shape index (κ3) is 4.29. The molecule has 7 heteroatoms. The smallest absolute Gasteiger partial charge is 0.221 e. The first kappa shape index (κ1) is 17.3. The molecule has 0 aliphatic heterocycles. The lowest BCUT2D eigenvalue weighted by molar-refractivity contribution is -0.114. The number of halogens is 1. The zero-order chi connectivity index (χ0) is 17.8. The van der Waals surface area contributed by atoms with Gasteiger partial charge in [0.15, 0.2) is 5.13 Å². The predicted molar refractivity (Wildman–Crippen MR) is 103 cm³/mol. The van der Waals surface area contributed by atoms with Crippen molar-refractivity contribution >= 4 is 45.4 Å². The van der Waals surface area contributed by atoms with Crippen molar-refractivity contribution in [3.05, 3.63) is 52.9 Å². The van der Waals surface area contributed by atoms with Crippen LogP contribution >= 0.6 is 22.9 Å². The largest absolute Gasteiger partial charge is 0.496 e. The average molecular weight is 374 g/mol. The number of methoxy groups -OCH3 is 1. The topological polar surface area (TPSA) is 63.2 Å². The molecule has 0 aliphatic carbocycles. The summed E-state index contributed by atoms with van der Waals surface area (Å²) in [6, 6.07) is 12.9. The van der Waals surface area contributed by atoms with E-state index in [0.29, 0.717) is 10.8 Å². The van der Waals surface area contributed by atoms with Gasteiger partial charge in [-0.1, -0.05) is 17.7 Å². The molecule has 1 amide bonds. The van der Waals surface area contributed by atoms with Gasteiger partial charge in [0.2, 0.25) is 5.91 Å². The number of hydrogen-bond acceptors (Lipinski definition) is 5. The van der Waals surface area contributed by atoms with Crippen LogP contribution in [-0.2, 0) is 4.79 Å². The number of aromatic nitrogens is 1. The zero-order valence-corrected chi connectivity index (χ0v) is 15.2. The molecule has 25 heavy (non-hydrogen) atoms. The number of hydrogen-bond donors (Lipinski definition) is 2. The Bertz CT molecular complexity index is 911. The summed E-state index contributed by atoms with van der Waals surface area (Å²) in [5.41, 5.74) is 3.19. The van der Waals surface area contributed by atoms with E-state index in [1.165, 1.54) is 18.3 Å². The maximum atomic E-state index is 11.2. The van der Waals surface area contributed by atoms with Gasteiger partial charge in [-0.05, 0) is 36.4 Å². The molecule has 0 unspecified atom stereocenters. The standard InChI is InChI=1S/C18H16ClN3O2S/c1-11(23)20-13-4-3-5-14(9-13)21-18-22-16(10-25-18)15-8-12(19)6-7-17(15)24-2/h3-10H,1-2H3,(H,20,23)(H,21,22). The number of nitrogens with one attached hydrogen (secondary N) is 2. The fourth-order valence-electron chi connectivity index (χ4n) is 2.34. The van der Waals surface area contributed by atoms with Crippen LogP contribution in [0, 0.1) is 0 Å². The summed E-state index contributed by atoms with van der Waals surface area (Å²) in [7, 11) is 1.62. The lowest BCUT2D eigenvalue weighted by Crippen LogP contribution is -2.05. The predicted octanol–water partition coefficient (Wildman–Crippen LogP) is 5.17. The molecular formula is C18H16ClN3O2S. The van der Waals surface area contributed by atoms with Crippen molar-refractivity contribution in [1.82, 2.24) is 4.98 Å². The number of carbonyl (C=O) groups excluding carboxylic acids is 1. The highest BCUT2D eigenvalue weighted by atomic mass is 35.5. The summed E-state index contributed by atoms with van der Waals surface area (Å²) in [5, 5.41) is 9.30. The lowest BCUT2D eigenvalue weighted by Gasteiger charge is -2.07. The molecule has 0 atom stereocenters. The van der Waals surface area contributed by atoms with Crippen molar-refractivity contribution in [2.75, 3.05) is 17.7 Å². The molecule has 0 bridgehead atoms. The molecule has 0 saturated heterocycles. The first-order valence-electron chi connectivity index (χ1n) is 7.49. The minimum Gasteiger partial charge on any atom is -0.496 e. The van der Waals surface area contributed by atoms with Crippen LogP contribution in [-0.4, -0.2) is 18.0 Å². The molecule has 5 nitrogen and oxygen atoms in total. The number of benzene rings is 2. The van der Waals surface area contributed by atoms with Gasteiger partial charge in [0.25, 0.3) is 0 Å². The molecule has 0 saturated carbocycles. The van der Waals surface area contributed by atoms with Gasteiger partial charge in [0.1, 0.15) is 5.75 Å². The molecule has 0 radical (unpaired) electrons. The van der Waals surface area contributed by atoms with Gasteiger partial charge in [-0.3, -0.25) is 4.79 Å². The second-order valence-corrected chi connectivity index (χ2v) is 6.56. The molecule has 3 rings (SSSR count). The second kappa shape index (κ2) is 7.55. The van der Waals surface area contributed by atoms with Crippen molar-refractivity contribution in [1.29, 1.82) is 0 Å². The van der Waals surface area contributed by atoms with Gasteiger partial charge in [0, 0.05) is 34.3 Å². The van der Waals surface area contributed by atoms with E-state index >= 15 is 0 Å². The van der Waals surface area contributed by atoms with Gasteiger partial charge < -0.3 is 15.4 Å². The Hall–Kier alpha value is -2.57. The molecule has 0 aliphatic rings. The third-order valence-electron chi connectivity index (χ3n) is 3.38. The van der Waals surface area contributed by atoms with Crippen LogP contribution in [0.25, 0.3) is 11.3 Å². The van der Waals surface area contributed by atoms with E-state index in [-0.39, 0.29) is 5.91 Å². The van der Waals surface area contributed by atoms with E-state index < -0.39 is 0 Å². The van der Waals surface area contributed by atoms with Crippen LogP contribution in [0.2, 0.25) is 5.02 Å². The minimum absolute atomic E-state index is 0.110. The Morgan fingerprint density at radius 2 is 2.00 bits per heavy atom. The molecule has 1 aromatic heterocycles. The van der Waals surface area contributed by atoms with Crippen molar-refractivity contribution in [2.45, 2.75) is 6.92 Å². The van der Waals surface area contributed by atoms with Gasteiger partial charge in [-0.2, -0.15) is 0 Å². The first-order valence-corrected chi connectivity index (χ1v) is 8.75. The Kier molecular flexibility index (Phi) is 5.21. The molecule has 2 N–H and O–H groups in total. The van der Waals surface area contributed by atoms with Crippen molar-refractivity contribution in [3.8, 4) is 17.0 Å². The maximum absolute atomic E-state index is 11.2. The van der Waals surface area contributed by atoms with Gasteiger partial charge in [-0.25, -0.2) is 4.98 Å². The van der Waals surface area contributed by atoms with Gasteiger partial charge in [-0.15, -0.1) is 11.3 Å². The first-order chi connectivity index (χ1) is 12.0. The number of amides is 1. The SMILES string of the molecule is COc1ccc(Cl)cc1-c1csc(Nc2cccc(NC(C)=O)c2)n1. The zero-order valence-electron chi connectivity index (χ0n) is 13.7. The molecule has 3 aromatic rings. The van der Waals surface area contributed by atoms with E-state index in [1.807, 2.05) is 41.8 Å². The van der Waals surface area contributed by atoms with Gasteiger partial charge >= 0.3 is 0 Å². The second-order valence-electron chi connectivity index (χ2n) is 5.27. The highest BCUT2D eigenvalue weighted by Crippen LogP contribution is 2.35. The summed E-state index contributed by atoms with van der Waals surface area (Å²) >= 11 is 7.56. The van der Waals surface area contributed by atoms with E-state index in [2.05, 4.69) is 15.6 Å². The number of ether oxygens (including phenoxy) is 1. The van der Waals surface area contributed by atoms with Crippen LogP contribution in [0.15, 0.2) is 47.8 Å². The van der Waals surface area contributed by atoms with Crippen molar-refractivity contribution in [3.63, 3.8) is 0 Å². The van der Waals surface area contributed by atoms with Crippen LogP contribution in [0.5, 0.6) is 5.75 Å². The molecular weight excluding hydrogens is 358 g/mol. The molecule has 128 valence electrons. The number of thiazole rings is 1. The Morgan fingerprint density at radius 3 is 2.76 bits per heavy atom. The van der Waals surface area contributed by atoms with Crippen LogP contribution in [0.3, 0.4) is 0 Å². The van der Waals surface area contributed by atoms with E-state index in [1.54, 1.807) is 13.2 Å². The summed E-state index contributed by atoms with van der Waals surface area (Å²) in [6.07, 6.45) is 0. The maximum Gasteiger partial charge on any atom is 0.221 e. The monoisotopic (exact) mass is 373 g/mol. The fourth-order valence-corrected chi connectivity index (χ4v) is 3.24. The molecule has 0 spiro atoms. The van der Waals surface area contributed by atoms with Crippen LogP contribution in [0.4, 0.5) is 16.5 Å². The number of rotatable bonds is 5. The fraction of sp³-hybridized carbons (Fsp3) is 0.111. The lowest BCUT2D eigenvalue weighted by atomic mass is 10.1. The summed E-state index contributed by atoms with van der Waals surface area (Å²) < 4.78 is 5.38. The normalized spacial score (nSPS) is 10.4. The average Bonchev–Trinajstić information content (AvgIpc) is 3.03. The van der Waals surface area contributed by atoms with Gasteiger partial charge in [0.05, 0.1) is 12.8 Å². The Morgan fingerprint density at radius 1 is 1.20 bits per heavy atom. The highest BCUT2D eigenvalue weighted by Gasteiger charge is 2.11. The minimum atomic E-state index is -0.110. The summed E-state index contributed by atoms with van der Waals surface area (Å²) in [6.45, 7) is 1.48. The number of carbonyl (C=O) groups is 1. The number of nitrogens with zero attached hydrogens (tertiary/aromatic N) is 1. The highest BCUT2D eigenvalue weighted by molar-refractivity contribution is 7.14. The van der Waals surface area contributed by atoms with Crippen molar-refractivity contribution < 1.29 is 9.53 Å². The Labute approximate surface area is 154 Å². The van der Waals surface area contributed by atoms with E-state index in [4.69, 9.17) is 16.3 Å². The van der Waals surface area contributed by atoms with Crippen LogP contribution < -0.4 is 15.4 Å². The number of anilines is 3. The summed E-state index contributed by atoms with van der Waals surface area (Å²) in [4.78, 5) is 15.8. The molecule has 1 heterocycles.